The normalized spacial score (nSPS) is 22.3. The molecule has 0 atom stereocenters. The Balaban J connectivity index is 2.21. The molecule has 1 aliphatic heterocycles. The Morgan fingerprint density at radius 2 is 2.15 bits per heavy atom. The molecule has 5 heteroatoms. The molecule has 0 radical (unpaired) electrons. The first-order valence-corrected chi connectivity index (χ1v) is 4.60. The van der Waals surface area contributed by atoms with Gasteiger partial charge in [-0.1, -0.05) is 5.11 Å². The molecule has 0 aromatic rings. The monoisotopic (exact) mass is 184 g/mol. The van der Waals surface area contributed by atoms with Crippen LogP contribution in [0.2, 0.25) is 0 Å². The molecular weight excluding hydrogens is 168 g/mol. The number of nitrogens with zero attached hydrogens (tertiary/aromatic N) is 4. The lowest BCUT2D eigenvalue weighted by atomic mass is 9.94. The van der Waals surface area contributed by atoms with E-state index in [1.807, 2.05) is 6.92 Å². The Morgan fingerprint density at radius 1 is 1.54 bits per heavy atom. The van der Waals surface area contributed by atoms with Gasteiger partial charge in [0.1, 0.15) is 0 Å². The molecule has 1 aliphatic rings. The minimum absolute atomic E-state index is 0.491. The van der Waals surface area contributed by atoms with Crippen molar-refractivity contribution in [3.8, 4) is 0 Å². The summed E-state index contributed by atoms with van der Waals surface area (Å²) in [5.74, 6) is 0. The molecule has 0 saturated carbocycles. The Kier molecular flexibility index (Phi) is 3.54. The Bertz CT molecular complexity index is 200. The van der Waals surface area contributed by atoms with Gasteiger partial charge in [-0.25, -0.2) is 0 Å². The van der Waals surface area contributed by atoms with Crippen LogP contribution < -0.4 is 0 Å². The second kappa shape index (κ2) is 4.46. The minimum atomic E-state index is -0.491. The molecule has 74 valence electrons. The number of hydrogen-bond donors (Lipinski definition) is 1. The molecule has 0 spiro atoms. The van der Waals surface area contributed by atoms with Crippen LogP contribution in [0.15, 0.2) is 5.11 Å². The van der Waals surface area contributed by atoms with Crippen LogP contribution in [0.4, 0.5) is 0 Å². The first kappa shape index (κ1) is 10.3. The lowest BCUT2D eigenvalue weighted by Crippen LogP contribution is -2.43. The number of piperidine rings is 1. The fraction of sp³-hybridized carbons (Fsp3) is 1.00. The maximum atomic E-state index is 9.66. The molecule has 1 fully saturated rings. The van der Waals surface area contributed by atoms with Gasteiger partial charge < -0.3 is 10.0 Å². The van der Waals surface area contributed by atoms with Crippen molar-refractivity contribution in [3.05, 3.63) is 10.4 Å². The van der Waals surface area contributed by atoms with E-state index in [9.17, 15) is 5.11 Å². The zero-order valence-electron chi connectivity index (χ0n) is 7.98. The molecule has 0 aliphatic carbocycles. The molecule has 0 unspecified atom stereocenters. The third-order valence-corrected chi connectivity index (χ3v) is 2.51. The molecule has 0 bridgehead atoms. The van der Waals surface area contributed by atoms with Crippen LogP contribution in [0.5, 0.6) is 0 Å². The van der Waals surface area contributed by atoms with Gasteiger partial charge in [-0.2, -0.15) is 0 Å². The van der Waals surface area contributed by atoms with Gasteiger partial charge in [-0.3, -0.25) is 0 Å². The third-order valence-electron chi connectivity index (χ3n) is 2.51. The van der Waals surface area contributed by atoms with E-state index in [4.69, 9.17) is 5.53 Å². The van der Waals surface area contributed by atoms with Crippen LogP contribution >= 0.6 is 0 Å². The first-order valence-electron chi connectivity index (χ1n) is 4.60. The lowest BCUT2D eigenvalue weighted by molar-refractivity contribution is -0.00444. The van der Waals surface area contributed by atoms with Gasteiger partial charge in [-0.15, -0.1) is 0 Å². The molecule has 1 heterocycles. The van der Waals surface area contributed by atoms with Crippen molar-refractivity contribution < 1.29 is 5.11 Å². The summed E-state index contributed by atoms with van der Waals surface area (Å²) in [7, 11) is 0. The van der Waals surface area contributed by atoms with Gasteiger partial charge in [0.2, 0.25) is 0 Å². The lowest BCUT2D eigenvalue weighted by Gasteiger charge is -2.35. The van der Waals surface area contributed by atoms with Crippen LogP contribution in [0, 0.1) is 0 Å². The highest BCUT2D eigenvalue weighted by atomic mass is 16.3. The van der Waals surface area contributed by atoms with E-state index in [0.717, 1.165) is 32.5 Å². The SMILES string of the molecule is CC1(O)CCN(CCN=[N+]=[N-])CC1. The molecule has 0 aromatic carbocycles. The van der Waals surface area contributed by atoms with Gasteiger partial charge in [0.25, 0.3) is 0 Å². The van der Waals surface area contributed by atoms with Crippen molar-refractivity contribution in [3.63, 3.8) is 0 Å². The smallest absolute Gasteiger partial charge is 0.0644 e. The predicted molar refractivity (Wildman–Crippen MR) is 50.3 cm³/mol. The van der Waals surface area contributed by atoms with Gasteiger partial charge in [0, 0.05) is 31.1 Å². The van der Waals surface area contributed by atoms with E-state index in [2.05, 4.69) is 14.9 Å². The van der Waals surface area contributed by atoms with E-state index in [0.29, 0.717) is 6.54 Å². The fourth-order valence-corrected chi connectivity index (χ4v) is 1.49. The summed E-state index contributed by atoms with van der Waals surface area (Å²) in [6.07, 6.45) is 1.62. The van der Waals surface area contributed by atoms with Gasteiger partial charge in [0.05, 0.1) is 5.60 Å². The van der Waals surface area contributed by atoms with Crippen LogP contribution in [-0.2, 0) is 0 Å². The minimum Gasteiger partial charge on any atom is -0.390 e. The molecule has 0 aromatic heterocycles. The standard InChI is InChI=1S/C8H16N4O/c1-8(13)2-5-12(6-3-8)7-4-10-11-9/h13H,2-7H2,1H3. The van der Waals surface area contributed by atoms with E-state index in [-0.39, 0.29) is 0 Å². The number of azide groups is 1. The highest BCUT2D eigenvalue weighted by molar-refractivity contribution is 4.81. The predicted octanol–water partition coefficient (Wildman–Crippen LogP) is 1.14. The van der Waals surface area contributed by atoms with Gasteiger partial charge >= 0.3 is 0 Å². The second-order valence-corrected chi connectivity index (χ2v) is 3.79. The summed E-state index contributed by atoms with van der Waals surface area (Å²) < 4.78 is 0. The van der Waals surface area contributed by atoms with E-state index < -0.39 is 5.60 Å². The van der Waals surface area contributed by atoms with Crippen molar-refractivity contribution in [1.82, 2.24) is 4.90 Å². The summed E-state index contributed by atoms with van der Waals surface area (Å²) in [5.41, 5.74) is 7.59. The summed E-state index contributed by atoms with van der Waals surface area (Å²) in [5, 5.41) is 13.1. The fourth-order valence-electron chi connectivity index (χ4n) is 1.49. The summed E-state index contributed by atoms with van der Waals surface area (Å²) in [6.45, 7) is 5.00. The highest BCUT2D eigenvalue weighted by Crippen LogP contribution is 2.20. The molecule has 1 N–H and O–H groups in total. The molecule has 5 nitrogen and oxygen atoms in total. The van der Waals surface area contributed by atoms with E-state index >= 15 is 0 Å². The van der Waals surface area contributed by atoms with Crippen molar-refractivity contribution in [2.45, 2.75) is 25.4 Å². The maximum absolute atomic E-state index is 9.66. The van der Waals surface area contributed by atoms with Crippen LogP contribution in [0.25, 0.3) is 10.4 Å². The molecule has 13 heavy (non-hydrogen) atoms. The van der Waals surface area contributed by atoms with Gasteiger partial charge in [-0.05, 0) is 25.3 Å². The topological polar surface area (TPSA) is 72.2 Å². The third kappa shape index (κ3) is 3.63. The quantitative estimate of drug-likeness (QED) is 0.406. The number of aliphatic hydroxyl groups is 1. The Labute approximate surface area is 78.0 Å². The van der Waals surface area contributed by atoms with Crippen molar-refractivity contribution in [2.75, 3.05) is 26.2 Å². The Hall–Kier alpha value is -0.770. The number of hydrogen-bond acceptors (Lipinski definition) is 3. The summed E-state index contributed by atoms with van der Waals surface area (Å²) >= 11 is 0. The molecule has 1 rings (SSSR count). The van der Waals surface area contributed by atoms with Crippen molar-refractivity contribution in [1.29, 1.82) is 0 Å². The van der Waals surface area contributed by atoms with Gasteiger partial charge in [0.15, 0.2) is 0 Å². The highest BCUT2D eigenvalue weighted by Gasteiger charge is 2.26. The van der Waals surface area contributed by atoms with E-state index in [1.165, 1.54) is 0 Å². The molecular formula is C8H16N4O. The summed E-state index contributed by atoms with van der Waals surface area (Å²) in [4.78, 5) is 4.91. The maximum Gasteiger partial charge on any atom is 0.0644 e. The van der Waals surface area contributed by atoms with Crippen molar-refractivity contribution >= 4 is 0 Å². The Morgan fingerprint density at radius 3 is 2.69 bits per heavy atom. The molecule has 0 amide bonds. The van der Waals surface area contributed by atoms with Crippen molar-refractivity contribution in [2.24, 2.45) is 5.11 Å². The van der Waals surface area contributed by atoms with Crippen LogP contribution in [0.3, 0.4) is 0 Å². The van der Waals surface area contributed by atoms with Crippen LogP contribution in [0.1, 0.15) is 19.8 Å². The second-order valence-electron chi connectivity index (χ2n) is 3.79. The first-order chi connectivity index (χ1) is 6.14. The zero-order valence-corrected chi connectivity index (χ0v) is 7.98. The average Bonchev–Trinajstić information content (AvgIpc) is 2.08. The largest absolute Gasteiger partial charge is 0.390 e. The zero-order chi connectivity index (χ0) is 9.73. The average molecular weight is 184 g/mol. The summed E-state index contributed by atoms with van der Waals surface area (Å²) in [6, 6.07) is 0. The van der Waals surface area contributed by atoms with Crippen LogP contribution in [-0.4, -0.2) is 41.8 Å². The number of rotatable bonds is 3. The van der Waals surface area contributed by atoms with E-state index in [1.54, 1.807) is 0 Å². The molecule has 1 saturated heterocycles. The number of likely N-dealkylation sites (tertiary alicyclic amines) is 1.